The molecule has 13 nitrogen and oxygen atoms in total. The summed E-state index contributed by atoms with van der Waals surface area (Å²) in [6.07, 6.45) is 6.58. The Balaban J connectivity index is 1.02. The number of benzene rings is 1. The maximum absolute atomic E-state index is 13.7. The normalized spacial score (nSPS) is 15.5. The number of esters is 1. The number of hydrogen-bond donors (Lipinski definition) is 2. The summed E-state index contributed by atoms with van der Waals surface area (Å²) in [5.41, 5.74) is 2.93. The highest BCUT2D eigenvalue weighted by Gasteiger charge is 2.29. The first-order valence-corrected chi connectivity index (χ1v) is 22.2. The number of amides is 3. The lowest BCUT2D eigenvalue weighted by Gasteiger charge is -2.27. The minimum atomic E-state index is -0.497. The lowest BCUT2D eigenvalue weighted by atomic mass is 9.79. The summed E-state index contributed by atoms with van der Waals surface area (Å²) in [6.45, 7) is 13.4. The number of aryl methyl sites for hydroxylation is 1. The number of Topliss-reactive ketones (excluding diaryl/α,β-unsaturated/α-hetero) is 1. The summed E-state index contributed by atoms with van der Waals surface area (Å²) < 4.78 is 24.4. The molecule has 0 bridgehead atoms. The molecule has 3 aromatic rings. The molecule has 3 amide bonds. The molecular weight excluding hydrogens is 773 g/mol. The summed E-state index contributed by atoms with van der Waals surface area (Å²) in [6, 6.07) is 11.8. The monoisotopic (exact) mass is 838 g/mol. The van der Waals surface area contributed by atoms with Crippen molar-refractivity contribution in [1.82, 2.24) is 15.2 Å². The molecule has 14 heteroatoms. The van der Waals surface area contributed by atoms with Gasteiger partial charge in [-0.15, -0.1) is 11.3 Å². The van der Waals surface area contributed by atoms with Gasteiger partial charge < -0.3 is 39.0 Å². The molecule has 0 unspecified atom stereocenters. The highest BCUT2D eigenvalue weighted by molar-refractivity contribution is 7.17. The number of ether oxygens (including phenoxy) is 4. The van der Waals surface area contributed by atoms with Crippen LogP contribution in [0, 0.1) is 18.8 Å². The van der Waals surface area contributed by atoms with E-state index in [0.717, 1.165) is 66.4 Å². The van der Waals surface area contributed by atoms with Gasteiger partial charge in [0.15, 0.2) is 5.78 Å². The van der Waals surface area contributed by atoms with Crippen LogP contribution in [0.5, 0.6) is 0 Å². The molecule has 0 atom stereocenters. The van der Waals surface area contributed by atoms with E-state index in [2.05, 4.69) is 10.6 Å². The first-order valence-electron chi connectivity index (χ1n) is 21.3. The smallest absolute Gasteiger partial charge is 0.308 e. The third-order valence-corrected chi connectivity index (χ3v) is 11.1. The Bertz CT molecular complexity index is 1790. The maximum Gasteiger partial charge on any atom is 0.308 e. The third-order valence-electron chi connectivity index (χ3n) is 10.3. The Morgan fingerprint density at radius 3 is 2.24 bits per heavy atom. The highest BCUT2D eigenvalue weighted by atomic mass is 32.1. The van der Waals surface area contributed by atoms with Gasteiger partial charge in [0, 0.05) is 44.1 Å². The zero-order chi connectivity index (χ0) is 42.6. The van der Waals surface area contributed by atoms with Gasteiger partial charge >= 0.3 is 5.97 Å². The number of rotatable bonds is 26. The molecule has 1 fully saturated rings. The van der Waals surface area contributed by atoms with E-state index in [1.54, 1.807) is 16.2 Å². The molecular formula is C45H66N4O9S. The first-order chi connectivity index (χ1) is 28.3. The van der Waals surface area contributed by atoms with Crippen LogP contribution in [-0.4, -0.2) is 98.9 Å². The molecule has 0 aliphatic heterocycles. The van der Waals surface area contributed by atoms with Crippen molar-refractivity contribution >= 4 is 56.7 Å². The van der Waals surface area contributed by atoms with Gasteiger partial charge in [0.2, 0.25) is 17.7 Å². The average Bonchev–Trinajstić information content (AvgIpc) is 3.79. The Morgan fingerprint density at radius 1 is 0.831 bits per heavy atom. The van der Waals surface area contributed by atoms with Gasteiger partial charge in [0.1, 0.15) is 12.1 Å². The van der Waals surface area contributed by atoms with Gasteiger partial charge in [-0.05, 0) is 114 Å². The predicted octanol–water partition coefficient (Wildman–Crippen LogP) is 7.02. The molecule has 1 aromatic carbocycles. The second kappa shape index (κ2) is 24.8. The lowest BCUT2D eigenvalue weighted by Crippen LogP contribution is -2.35. The topological polar surface area (TPSA) is 154 Å². The van der Waals surface area contributed by atoms with Crippen LogP contribution >= 0.6 is 11.3 Å². The Morgan fingerprint density at radius 2 is 1.54 bits per heavy atom. The zero-order valence-corrected chi connectivity index (χ0v) is 36.6. The van der Waals surface area contributed by atoms with Crippen LogP contribution in [0.2, 0.25) is 0 Å². The summed E-state index contributed by atoms with van der Waals surface area (Å²) in [5, 5.41) is 7.94. The standard InChI is InChI=1S/C45H66N4O9S/c1-6-48(36-12-10-11-33(2)29-36)42(52)32-49-37-19-28-59-40(37)31-38(49)39(50)30-34-14-16-35(17-15-34)44(54)47-20-9-7-8-13-41(51)46-21-23-56-25-27-57-26-24-55-22-18-43(53)58-45(3,4)5/h10-12,19,28-29,31,34-35H,6-9,13-18,20-27,30,32H2,1-5H3,(H,46,51)(H,47,54). The number of likely N-dealkylation sites (N-methyl/N-ethyl adjacent to an activating group) is 1. The second-order valence-corrected chi connectivity index (χ2v) is 17.2. The number of anilines is 1. The molecule has 2 heterocycles. The fourth-order valence-corrected chi connectivity index (χ4v) is 8.10. The number of nitrogens with zero attached hydrogens (tertiary/aromatic N) is 2. The number of carbonyl (C=O) groups is 5. The van der Waals surface area contributed by atoms with Crippen molar-refractivity contribution in [3.05, 3.63) is 53.0 Å². The fraction of sp³-hybridized carbons (Fsp3) is 0.622. The minimum Gasteiger partial charge on any atom is -0.460 e. The first kappa shape index (κ1) is 47.6. The van der Waals surface area contributed by atoms with E-state index in [1.165, 1.54) is 0 Å². The van der Waals surface area contributed by atoms with Crippen LogP contribution < -0.4 is 15.5 Å². The van der Waals surface area contributed by atoms with Crippen LogP contribution in [0.3, 0.4) is 0 Å². The van der Waals surface area contributed by atoms with Gasteiger partial charge in [-0.2, -0.15) is 0 Å². The fourth-order valence-electron chi connectivity index (χ4n) is 7.28. The van der Waals surface area contributed by atoms with Crippen molar-refractivity contribution in [2.45, 2.75) is 111 Å². The van der Waals surface area contributed by atoms with Crippen molar-refractivity contribution in [3.63, 3.8) is 0 Å². The Hall–Kier alpha value is -4.11. The van der Waals surface area contributed by atoms with Gasteiger partial charge in [-0.25, -0.2) is 0 Å². The van der Waals surface area contributed by atoms with Gasteiger partial charge in [0.05, 0.1) is 62.0 Å². The van der Waals surface area contributed by atoms with E-state index in [0.29, 0.717) is 71.2 Å². The molecule has 4 rings (SSSR count). The molecule has 59 heavy (non-hydrogen) atoms. The summed E-state index contributed by atoms with van der Waals surface area (Å²) in [4.78, 5) is 65.8. The molecule has 2 aromatic heterocycles. The maximum atomic E-state index is 13.7. The van der Waals surface area contributed by atoms with Gasteiger partial charge in [-0.3, -0.25) is 24.0 Å². The third kappa shape index (κ3) is 16.8. The quantitative estimate of drug-likeness (QED) is 0.0494. The molecule has 326 valence electrons. The van der Waals surface area contributed by atoms with E-state index >= 15 is 0 Å². The van der Waals surface area contributed by atoms with E-state index < -0.39 is 5.60 Å². The molecule has 2 N–H and O–H groups in total. The van der Waals surface area contributed by atoms with Crippen molar-refractivity contribution in [3.8, 4) is 0 Å². The van der Waals surface area contributed by atoms with Crippen molar-refractivity contribution in [2.24, 2.45) is 11.8 Å². The van der Waals surface area contributed by atoms with E-state index in [-0.39, 0.29) is 60.9 Å². The largest absolute Gasteiger partial charge is 0.460 e. The molecule has 1 saturated carbocycles. The number of aromatic nitrogens is 1. The molecule has 1 aliphatic rings. The summed E-state index contributed by atoms with van der Waals surface area (Å²) in [5.74, 6) is -0.0858. The van der Waals surface area contributed by atoms with E-state index in [9.17, 15) is 24.0 Å². The number of fused-ring (bicyclic) bond motifs is 1. The Kier molecular flexibility index (Phi) is 20.0. The predicted molar refractivity (Wildman–Crippen MR) is 231 cm³/mol. The number of carbonyl (C=O) groups excluding carboxylic acids is 5. The SMILES string of the molecule is CCN(C(=O)Cn1c(C(=O)CC2CCC(C(=O)NCCCCCC(=O)NCCOCCOCCOCCC(=O)OC(C)(C)C)CC2)cc2sccc21)c1cccc(C)c1. The summed E-state index contributed by atoms with van der Waals surface area (Å²) in [7, 11) is 0. The number of thiophene rings is 1. The van der Waals surface area contributed by atoms with Crippen LogP contribution in [-0.2, 0) is 44.7 Å². The van der Waals surface area contributed by atoms with Gasteiger partial charge in [-0.1, -0.05) is 18.6 Å². The molecule has 0 saturated heterocycles. The number of nitrogens with one attached hydrogen (secondary N) is 2. The van der Waals surface area contributed by atoms with Crippen molar-refractivity contribution in [1.29, 1.82) is 0 Å². The van der Waals surface area contributed by atoms with Crippen LogP contribution in [0.15, 0.2) is 41.8 Å². The number of hydrogen-bond acceptors (Lipinski definition) is 10. The summed E-state index contributed by atoms with van der Waals surface area (Å²) >= 11 is 1.57. The lowest BCUT2D eigenvalue weighted by molar-refractivity contribution is -0.156. The van der Waals surface area contributed by atoms with E-state index in [1.807, 2.05) is 81.0 Å². The van der Waals surface area contributed by atoms with Gasteiger partial charge in [0.25, 0.3) is 0 Å². The molecule has 0 spiro atoms. The highest BCUT2D eigenvalue weighted by Crippen LogP contribution is 2.33. The number of unbranched alkanes of at least 4 members (excludes halogenated alkanes) is 2. The van der Waals surface area contributed by atoms with Crippen LogP contribution in [0.25, 0.3) is 10.2 Å². The molecule has 0 radical (unpaired) electrons. The zero-order valence-electron chi connectivity index (χ0n) is 35.8. The van der Waals surface area contributed by atoms with Crippen molar-refractivity contribution < 1.29 is 42.9 Å². The van der Waals surface area contributed by atoms with Crippen molar-refractivity contribution in [2.75, 3.05) is 64.2 Å². The van der Waals surface area contributed by atoms with E-state index in [4.69, 9.17) is 18.9 Å². The van der Waals surface area contributed by atoms with Crippen LogP contribution in [0.4, 0.5) is 5.69 Å². The number of ketones is 1. The minimum absolute atomic E-state index is 0.0181. The second-order valence-electron chi connectivity index (χ2n) is 16.2. The molecule has 1 aliphatic carbocycles. The average molecular weight is 839 g/mol. The Labute approximate surface area is 353 Å². The van der Waals surface area contributed by atoms with Crippen LogP contribution in [0.1, 0.15) is 108 Å².